The standard InChI is InChI=1S/C6H7.C3H6O.2CO.Mn/c1-6-4-2-3-5-6;1-3-4-2;2*1-2;/h2-5H,1H3;1-2H3;;;. The molecule has 15 heavy (non-hydrogen) atoms. The van der Waals surface area contributed by atoms with E-state index in [1.54, 1.807) is 7.11 Å². The molecule has 0 aliphatic heterocycles. The molecule has 0 N–H and O–H groups in total. The third kappa shape index (κ3) is 24.7. The Morgan fingerprint density at radius 2 is 1.67 bits per heavy atom. The molecule has 0 heterocycles. The summed E-state index contributed by atoms with van der Waals surface area (Å²) in [4.78, 5) is 0. The molecule has 1 aliphatic carbocycles. The molecule has 0 aromatic rings. The number of hydrogen-bond acceptors (Lipinski definition) is 1. The summed E-state index contributed by atoms with van der Waals surface area (Å²) < 4.78 is 20.4. The molecule has 1 radical (unpaired) electrons. The summed E-state index contributed by atoms with van der Waals surface area (Å²) in [7, 11) is 1.62. The molecule has 82 valence electrons. The molecule has 0 fully saturated rings. The summed E-state index contributed by atoms with van der Waals surface area (Å²) in [5, 5.41) is 0. The van der Waals surface area contributed by atoms with Gasteiger partial charge in [0.2, 0.25) is 0 Å². The molecule has 0 amide bonds. The van der Waals surface area contributed by atoms with Gasteiger partial charge in [0.25, 0.3) is 0 Å². The van der Waals surface area contributed by atoms with E-state index < -0.39 is 0 Å². The minimum atomic E-state index is 0.817. The van der Waals surface area contributed by atoms with Crippen molar-refractivity contribution in [3.63, 3.8) is 0 Å². The van der Waals surface area contributed by atoms with Crippen LogP contribution in [0.25, 0.3) is 0 Å². The zero-order chi connectivity index (χ0) is 12.7. The van der Waals surface area contributed by atoms with Gasteiger partial charge >= 0.3 is 61.6 Å². The van der Waals surface area contributed by atoms with E-state index in [4.69, 9.17) is 9.30 Å². The second-order valence-electron chi connectivity index (χ2n) is 2.14. The molecule has 4 heteroatoms. The van der Waals surface area contributed by atoms with E-state index in [1.165, 1.54) is 5.57 Å². The first-order valence-electron chi connectivity index (χ1n) is 3.79. The topological polar surface area (TPSA) is 49.0 Å². The normalized spacial score (nSPS) is 10.2. The van der Waals surface area contributed by atoms with Gasteiger partial charge in [0, 0.05) is 6.42 Å². The third-order valence-corrected chi connectivity index (χ3v) is 1.35. The Morgan fingerprint density at radius 1 is 1.27 bits per heavy atom. The molecule has 1 aliphatic rings. The van der Waals surface area contributed by atoms with Crippen molar-refractivity contribution < 1.29 is 29.6 Å². The van der Waals surface area contributed by atoms with Crippen LogP contribution in [0.1, 0.15) is 13.8 Å². The van der Waals surface area contributed by atoms with E-state index >= 15 is 0 Å². The monoisotopic (exact) mass is 248 g/mol. The predicted octanol–water partition coefficient (Wildman–Crippen LogP) is 1.96. The number of allylic oxidation sites excluding steroid dienone is 4. The first-order chi connectivity index (χ1) is 7.16. The Labute approximate surface area is 99.0 Å². The molecule has 0 unspecified atom stereocenters. The van der Waals surface area contributed by atoms with E-state index in [0.717, 1.165) is 4.60 Å². The molecular weight excluding hydrogens is 235 g/mol. The third-order valence-electron chi connectivity index (χ3n) is 1.11. The Kier molecular flexibility index (Phi) is 25.1. The minimum absolute atomic E-state index is 0.817. The molecule has 0 bridgehead atoms. The number of ether oxygens (including phenoxy) is 1. The fraction of sp³-hybridized carbons (Fsp3) is 0.273. The Bertz CT molecular complexity index is 243. The van der Waals surface area contributed by atoms with Gasteiger partial charge in [-0.2, -0.15) is 0 Å². The van der Waals surface area contributed by atoms with E-state index in [1.807, 2.05) is 19.1 Å². The van der Waals surface area contributed by atoms with Crippen LogP contribution >= 0.6 is 0 Å². The second kappa shape index (κ2) is 19.0. The van der Waals surface area contributed by atoms with Gasteiger partial charge < -0.3 is 0 Å². The van der Waals surface area contributed by atoms with E-state index in [-0.39, 0.29) is 0 Å². The van der Waals surface area contributed by atoms with Gasteiger partial charge in [0.15, 0.2) is 0 Å². The average Bonchev–Trinajstić information content (AvgIpc) is 2.76. The van der Waals surface area contributed by atoms with Crippen LogP contribution in [-0.4, -0.2) is 11.7 Å². The Balaban J connectivity index is -0.000000146. The van der Waals surface area contributed by atoms with E-state index in [9.17, 15) is 0 Å². The Morgan fingerprint density at radius 3 is 1.73 bits per heavy atom. The fourth-order valence-electron chi connectivity index (χ4n) is 0.470. The number of rotatable bonds is 1. The average molecular weight is 248 g/mol. The molecule has 0 saturated heterocycles. The van der Waals surface area contributed by atoms with Gasteiger partial charge in [-0.05, 0) is 6.92 Å². The SMILES string of the molecule is CC1=CC=C[CH]1.CO[C](C)=[Mn].[C-]#[O+].[C-]#[O+]. The van der Waals surface area contributed by atoms with Gasteiger partial charge in [0.05, 0.1) is 0 Å². The van der Waals surface area contributed by atoms with Crippen LogP contribution in [0.3, 0.4) is 0 Å². The van der Waals surface area contributed by atoms with E-state index in [2.05, 4.69) is 53.0 Å². The van der Waals surface area contributed by atoms with Gasteiger partial charge in [0.1, 0.15) is 0 Å². The van der Waals surface area contributed by atoms with Crippen LogP contribution in [0.4, 0.5) is 0 Å². The van der Waals surface area contributed by atoms with Crippen molar-refractivity contribution in [3.8, 4) is 0 Å². The molecule has 0 aromatic carbocycles. The second-order valence-corrected chi connectivity index (χ2v) is 2.97. The van der Waals surface area contributed by atoms with Crippen molar-refractivity contribution >= 4 is 4.60 Å². The number of methoxy groups -OCH3 is 1. The predicted molar refractivity (Wildman–Crippen MR) is 52.7 cm³/mol. The zero-order valence-corrected chi connectivity index (χ0v) is 10.1. The van der Waals surface area contributed by atoms with Crippen molar-refractivity contribution in [2.24, 2.45) is 0 Å². The summed E-state index contributed by atoms with van der Waals surface area (Å²) in [6.45, 7) is 12.9. The van der Waals surface area contributed by atoms with Crippen LogP contribution in [0, 0.1) is 19.7 Å². The van der Waals surface area contributed by atoms with Gasteiger partial charge in [-0.1, -0.05) is 23.8 Å². The van der Waals surface area contributed by atoms with Crippen molar-refractivity contribution in [2.75, 3.05) is 7.11 Å². The van der Waals surface area contributed by atoms with Crippen LogP contribution in [0.15, 0.2) is 23.8 Å². The summed E-state index contributed by atoms with van der Waals surface area (Å²) in [5.74, 6) is 0. The molecule has 0 saturated carbocycles. The molecule has 0 spiro atoms. The van der Waals surface area contributed by atoms with Crippen LogP contribution < -0.4 is 0 Å². The number of hydrogen-bond donors (Lipinski definition) is 0. The van der Waals surface area contributed by atoms with Crippen molar-refractivity contribution in [1.29, 1.82) is 0 Å². The molecule has 0 aromatic heterocycles. The zero-order valence-electron chi connectivity index (χ0n) is 8.91. The maximum atomic E-state index is 7.50. The van der Waals surface area contributed by atoms with Crippen LogP contribution in [0.2, 0.25) is 0 Å². The van der Waals surface area contributed by atoms with E-state index in [0.29, 0.717) is 0 Å². The summed E-state index contributed by atoms with van der Waals surface area (Å²) in [6, 6.07) is 0. The summed E-state index contributed by atoms with van der Waals surface area (Å²) in [5.41, 5.74) is 1.34. The van der Waals surface area contributed by atoms with Crippen molar-refractivity contribution in [2.45, 2.75) is 13.8 Å². The molecule has 0 atom stereocenters. The molecular formula is C11H13MnO3. The first-order valence-corrected chi connectivity index (χ1v) is 4.38. The van der Waals surface area contributed by atoms with Gasteiger partial charge in [-0.15, -0.1) is 0 Å². The quantitative estimate of drug-likeness (QED) is 0.397. The van der Waals surface area contributed by atoms with Gasteiger partial charge in [-0.3, -0.25) is 0 Å². The van der Waals surface area contributed by atoms with Crippen molar-refractivity contribution in [3.05, 3.63) is 43.5 Å². The Hall–Kier alpha value is -0.691. The molecule has 1 rings (SSSR count). The molecule has 3 nitrogen and oxygen atoms in total. The first kappa shape index (κ1) is 19.8. The van der Waals surface area contributed by atoms with Crippen molar-refractivity contribution in [1.82, 2.24) is 0 Å². The van der Waals surface area contributed by atoms with Gasteiger partial charge in [-0.25, -0.2) is 0 Å². The van der Waals surface area contributed by atoms with Crippen LogP contribution in [-0.2, 0) is 29.6 Å². The summed E-state index contributed by atoms with van der Waals surface area (Å²) in [6.07, 6.45) is 8.24. The maximum absolute atomic E-state index is 7.50. The van der Waals surface area contributed by atoms with Crippen LogP contribution in [0.5, 0.6) is 0 Å². The fourth-order valence-corrected chi connectivity index (χ4v) is 0.470. The summed E-state index contributed by atoms with van der Waals surface area (Å²) >= 11 is 3.07.